The van der Waals surface area contributed by atoms with Gasteiger partial charge in [-0.25, -0.2) is 4.79 Å². The van der Waals surface area contributed by atoms with E-state index in [1.807, 2.05) is 6.07 Å². The first-order valence-corrected chi connectivity index (χ1v) is 10.4. The van der Waals surface area contributed by atoms with Crippen molar-refractivity contribution in [2.24, 2.45) is 0 Å². The third-order valence-electron chi connectivity index (χ3n) is 4.89. The fourth-order valence-corrected chi connectivity index (χ4v) is 4.48. The monoisotopic (exact) mass is 433 g/mol. The summed E-state index contributed by atoms with van der Waals surface area (Å²) in [5.74, 6) is -2.00. The fourth-order valence-electron chi connectivity index (χ4n) is 3.47. The van der Waals surface area contributed by atoms with Crippen LogP contribution in [0.5, 0.6) is 5.75 Å². The molecule has 4 aromatic rings. The molecule has 0 bridgehead atoms. The van der Waals surface area contributed by atoms with Crippen LogP contribution in [0.3, 0.4) is 0 Å². The number of benzene rings is 2. The lowest BCUT2D eigenvalue weighted by molar-refractivity contribution is 0.0702. The van der Waals surface area contributed by atoms with E-state index in [0.29, 0.717) is 22.0 Å². The van der Waals surface area contributed by atoms with Gasteiger partial charge in [0, 0.05) is 22.7 Å². The summed E-state index contributed by atoms with van der Waals surface area (Å²) in [5.41, 5.74) is 2.50. The first-order valence-electron chi connectivity index (χ1n) is 9.54. The fraction of sp³-hybridized carbons (Fsp3) is 0.0833. The quantitative estimate of drug-likeness (QED) is 0.323. The number of aromatic hydroxyl groups is 1. The average molecular weight is 433 g/mol. The topological polar surface area (TPSA) is 111 Å². The molecule has 0 saturated heterocycles. The Balaban J connectivity index is 1.84. The number of ketones is 1. The Morgan fingerprint density at radius 2 is 1.81 bits per heavy atom. The highest BCUT2D eigenvalue weighted by Gasteiger charge is 2.28. The second-order valence-electron chi connectivity index (χ2n) is 7.06. The predicted molar refractivity (Wildman–Crippen MR) is 121 cm³/mol. The van der Waals surface area contributed by atoms with Crippen molar-refractivity contribution in [2.45, 2.75) is 13.0 Å². The van der Waals surface area contributed by atoms with E-state index in [9.17, 15) is 24.9 Å². The summed E-state index contributed by atoms with van der Waals surface area (Å²) in [6, 6.07) is 14.1. The van der Waals surface area contributed by atoms with Crippen LogP contribution in [0.25, 0.3) is 28.1 Å². The number of carbonyl (C=O) groups excluding carboxylic acids is 1. The molecule has 0 aliphatic heterocycles. The number of aromatic nitrogens is 1. The SMILES string of the molecule is CC(O)C=Cc1cccc2c(C(=O)c3sc(C(=O)O)c(-c4ccccc4)c3O)c[nH]c12. The Kier molecular flexibility index (Phi) is 5.46. The zero-order valence-electron chi connectivity index (χ0n) is 16.5. The number of nitrogens with one attached hydrogen (secondary N) is 1. The van der Waals surface area contributed by atoms with E-state index in [1.54, 1.807) is 67.7 Å². The molecule has 0 amide bonds. The van der Waals surface area contributed by atoms with Gasteiger partial charge in [0.05, 0.1) is 11.6 Å². The highest BCUT2D eigenvalue weighted by atomic mass is 32.1. The second kappa shape index (κ2) is 8.22. The summed E-state index contributed by atoms with van der Waals surface area (Å²) in [6.07, 6.45) is 4.33. The molecule has 31 heavy (non-hydrogen) atoms. The Bertz CT molecular complexity index is 1310. The van der Waals surface area contributed by atoms with Crippen molar-refractivity contribution >= 4 is 40.1 Å². The van der Waals surface area contributed by atoms with Gasteiger partial charge in [-0.15, -0.1) is 11.3 Å². The molecule has 7 heteroatoms. The lowest BCUT2D eigenvalue weighted by Crippen LogP contribution is -1.98. The predicted octanol–water partition coefficient (Wildman–Crippen LogP) is 4.93. The van der Waals surface area contributed by atoms with Gasteiger partial charge in [-0.05, 0) is 18.1 Å². The van der Waals surface area contributed by atoms with E-state index >= 15 is 0 Å². The largest absolute Gasteiger partial charge is 0.506 e. The molecule has 0 radical (unpaired) electrons. The zero-order chi connectivity index (χ0) is 22.1. The minimum absolute atomic E-state index is 0.0259. The Labute approximate surface area is 181 Å². The molecule has 6 nitrogen and oxygen atoms in total. The molecular formula is C24H19NO5S. The van der Waals surface area contributed by atoms with Gasteiger partial charge in [-0.2, -0.15) is 0 Å². The Morgan fingerprint density at radius 3 is 2.48 bits per heavy atom. The number of aliphatic hydroxyl groups is 1. The van der Waals surface area contributed by atoms with E-state index < -0.39 is 17.9 Å². The van der Waals surface area contributed by atoms with Crippen LogP contribution in [-0.4, -0.2) is 38.2 Å². The minimum Gasteiger partial charge on any atom is -0.506 e. The summed E-state index contributed by atoms with van der Waals surface area (Å²) in [6.45, 7) is 1.64. The third-order valence-corrected chi connectivity index (χ3v) is 6.06. The molecule has 2 heterocycles. The molecule has 0 saturated carbocycles. The molecule has 156 valence electrons. The summed E-state index contributed by atoms with van der Waals surface area (Å²) >= 11 is 0.762. The van der Waals surface area contributed by atoms with Gasteiger partial charge < -0.3 is 20.3 Å². The van der Waals surface area contributed by atoms with E-state index in [-0.39, 0.29) is 21.1 Å². The number of carboxylic acids is 1. The lowest BCUT2D eigenvalue weighted by atomic mass is 10.0. The van der Waals surface area contributed by atoms with Crippen molar-refractivity contribution < 1.29 is 24.9 Å². The van der Waals surface area contributed by atoms with Crippen LogP contribution in [0.2, 0.25) is 0 Å². The number of thiophene rings is 1. The standard InChI is InChI=1S/C24H19NO5S/c1-13(26)10-11-15-8-5-9-16-17(12-25-19(15)16)20(27)23-21(28)18(22(31-23)24(29)30)14-6-3-2-4-7-14/h2-13,25-26,28H,1H3,(H,29,30). The molecule has 0 aliphatic carbocycles. The van der Waals surface area contributed by atoms with E-state index in [1.165, 1.54) is 0 Å². The number of para-hydroxylation sites is 1. The van der Waals surface area contributed by atoms with Crippen molar-refractivity contribution in [3.05, 3.63) is 81.7 Å². The first-order chi connectivity index (χ1) is 14.9. The zero-order valence-corrected chi connectivity index (χ0v) is 17.3. The molecule has 0 fully saturated rings. The number of fused-ring (bicyclic) bond motifs is 1. The summed E-state index contributed by atoms with van der Waals surface area (Å²) in [5, 5.41) is 30.6. The van der Waals surface area contributed by atoms with Crippen molar-refractivity contribution in [3.63, 3.8) is 0 Å². The number of aromatic carboxylic acids is 1. The highest BCUT2D eigenvalue weighted by molar-refractivity contribution is 7.17. The van der Waals surface area contributed by atoms with Gasteiger partial charge in [0.1, 0.15) is 15.5 Å². The first kappa shape index (κ1) is 20.6. The van der Waals surface area contributed by atoms with Gasteiger partial charge in [0.25, 0.3) is 0 Å². The van der Waals surface area contributed by atoms with Gasteiger partial charge in [0.15, 0.2) is 0 Å². The maximum atomic E-state index is 13.3. The van der Waals surface area contributed by atoms with E-state index in [0.717, 1.165) is 16.9 Å². The highest BCUT2D eigenvalue weighted by Crippen LogP contribution is 2.43. The molecule has 2 aromatic carbocycles. The molecule has 4 N–H and O–H groups in total. The Morgan fingerprint density at radius 1 is 1.06 bits per heavy atom. The maximum absolute atomic E-state index is 13.3. The number of carbonyl (C=O) groups is 2. The second-order valence-corrected chi connectivity index (χ2v) is 8.08. The van der Waals surface area contributed by atoms with Crippen LogP contribution in [0.4, 0.5) is 0 Å². The number of rotatable bonds is 6. The van der Waals surface area contributed by atoms with E-state index in [2.05, 4.69) is 4.98 Å². The summed E-state index contributed by atoms with van der Waals surface area (Å²) in [7, 11) is 0. The number of carboxylic acid groups (broad SMARTS) is 1. The van der Waals surface area contributed by atoms with Crippen LogP contribution in [0, 0.1) is 0 Å². The number of aromatic amines is 1. The number of aliphatic hydroxyl groups excluding tert-OH is 1. The maximum Gasteiger partial charge on any atom is 0.346 e. The number of H-pyrrole nitrogens is 1. The van der Waals surface area contributed by atoms with Crippen LogP contribution < -0.4 is 0 Å². The van der Waals surface area contributed by atoms with Crippen molar-refractivity contribution in [2.75, 3.05) is 0 Å². The number of hydrogen-bond donors (Lipinski definition) is 4. The smallest absolute Gasteiger partial charge is 0.346 e. The number of hydrogen-bond acceptors (Lipinski definition) is 5. The Hall–Kier alpha value is -3.68. The molecule has 0 spiro atoms. The van der Waals surface area contributed by atoms with Crippen LogP contribution >= 0.6 is 11.3 Å². The molecular weight excluding hydrogens is 414 g/mol. The third kappa shape index (κ3) is 3.76. The normalized spacial score (nSPS) is 12.5. The van der Waals surface area contributed by atoms with Crippen molar-refractivity contribution in [1.82, 2.24) is 4.98 Å². The van der Waals surface area contributed by atoms with E-state index in [4.69, 9.17) is 0 Å². The molecule has 1 atom stereocenters. The molecule has 4 rings (SSSR count). The van der Waals surface area contributed by atoms with Crippen LogP contribution in [0.1, 0.15) is 37.4 Å². The lowest BCUT2D eigenvalue weighted by Gasteiger charge is -2.03. The summed E-state index contributed by atoms with van der Waals surface area (Å²) < 4.78 is 0. The minimum atomic E-state index is -1.21. The van der Waals surface area contributed by atoms with Gasteiger partial charge in [-0.1, -0.05) is 60.7 Å². The van der Waals surface area contributed by atoms with Crippen molar-refractivity contribution in [1.29, 1.82) is 0 Å². The molecule has 2 aromatic heterocycles. The molecule has 1 unspecified atom stereocenters. The van der Waals surface area contributed by atoms with Gasteiger partial charge in [0.2, 0.25) is 5.78 Å². The summed E-state index contributed by atoms with van der Waals surface area (Å²) in [4.78, 5) is 28.1. The van der Waals surface area contributed by atoms with Crippen LogP contribution in [0.15, 0.2) is 60.8 Å². The van der Waals surface area contributed by atoms with Crippen LogP contribution in [-0.2, 0) is 0 Å². The molecule has 0 aliphatic rings. The van der Waals surface area contributed by atoms with Gasteiger partial charge >= 0.3 is 5.97 Å². The van der Waals surface area contributed by atoms with Crippen molar-refractivity contribution in [3.8, 4) is 16.9 Å². The van der Waals surface area contributed by atoms with Gasteiger partial charge in [-0.3, -0.25) is 4.79 Å². The average Bonchev–Trinajstić information content (AvgIpc) is 3.34.